The zero-order chi connectivity index (χ0) is 32.6. The lowest BCUT2D eigenvalue weighted by Crippen LogP contribution is -2.24. The largest absolute Gasteiger partial charge is 0.497 e. The number of nitro groups is 1. The van der Waals surface area contributed by atoms with Gasteiger partial charge >= 0.3 is 5.97 Å². The first-order valence-electron chi connectivity index (χ1n) is 14.6. The number of non-ortho nitro benzene ring substituents is 1. The molecule has 2 N–H and O–H groups in total. The van der Waals surface area contributed by atoms with E-state index in [1.165, 1.54) is 30.6 Å². The number of aryl methyl sites for hydroxylation is 1. The number of thioether (sulfide) groups is 1. The van der Waals surface area contributed by atoms with Crippen LogP contribution in [0.2, 0.25) is 0 Å². The van der Waals surface area contributed by atoms with Crippen LogP contribution >= 0.6 is 23.1 Å². The van der Waals surface area contributed by atoms with Crippen molar-refractivity contribution in [3.8, 4) is 11.4 Å². The van der Waals surface area contributed by atoms with Gasteiger partial charge in [-0.15, -0.1) is 21.5 Å². The van der Waals surface area contributed by atoms with E-state index in [1.54, 1.807) is 47.9 Å². The van der Waals surface area contributed by atoms with Crippen molar-refractivity contribution >= 4 is 51.6 Å². The first-order chi connectivity index (χ1) is 22.3. The molecule has 1 aliphatic carbocycles. The summed E-state index contributed by atoms with van der Waals surface area (Å²) in [5.41, 5.74) is 2.20. The third kappa shape index (κ3) is 7.54. The van der Waals surface area contributed by atoms with Crippen molar-refractivity contribution in [1.82, 2.24) is 20.1 Å². The van der Waals surface area contributed by atoms with Gasteiger partial charge in [0.1, 0.15) is 10.8 Å². The van der Waals surface area contributed by atoms with Gasteiger partial charge in [0.05, 0.1) is 36.5 Å². The fourth-order valence-corrected chi connectivity index (χ4v) is 7.12. The molecule has 5 rings (SSSR count). The van der Waals surface area contributed by atoms with E-state index in [1.807, 2.05) is 0 Å². The summed E-state index contributed by atoms with van der Waals surface area (Å²) in [5, 5.41) is 26.3. The number of nitro benzene ring substituents is 1. The van der Waals surface area contributed by atoms with Gasteiger partial charge in [0.2, 0.25) is 5.91 Å². The Kier molecular flexibility index (Phi) is 10.6. The number of nitrogens with one attached hydrogen (secondary N) is 2. The normalized spacial score (nSPS) is 12.5. The molecular weight excluding hydrogens is 633 g/mol. The number of fused-ring (bicyclic) bond motifs is 1. The Labute approximate surface area is 272 Å². The minimum absolute atomic E-state index is 0.0174. The number of hydrogen-bond acceptors (Lipinski definition) is 11. The van der Waals surface area contributed by atoms with Crippen LogP contribution in [0.25, 0.3) is 5.69 Å². The molecule has 240 valence electrons. The lowest BCUT2D eigenvalue weighted by atomic mass is 10.1. The summed E-state index contributed by atoms with van der Waals surface area (Å²) < 4.78 is 12.2. The Hall–Kier alpha value is -4.76. The average Bonchev–Trinajstić information content (AvgIpc) is 3.54. The lowest BCUT2D eigenvalue weighted by Gasteiger charge is -2.12. The second-order valence-electron chi connectivity index (χ2n) is 10.2. The van der Waals surface area contributed by atoms with Crippen LogP contribution in [-0.2, 0) is 28.9 Å². The van der Waals surface area contributed by atoms with Gasteiger partial charge in [0, 0.05) is 28.3 Å². The number of rotatable bonds is 12. The van der Waals surface area contributed by atoms with Crippen molar-refractivity contribution in [3.63, 3.8) is 0 Å². The summed E-state index contributed by atoms with van der Waals surface area (Å²) in [7, 11) is 1.51. The summed E-state index contributed by atoms with van der Waals surface area (Å²) in [6, 6.07) is 12.5. The van der Waals surface area contributed by atoms with E-state index in [4.69, 9.17) is 9.47 Å². The molecule has 2 amide bonds. The van der Waals surface area contributed by atoms with E-state index in [0.717, 1.165) is 54.3 Å². The van der Waals surface area contributed by atoms with Gasteiger partial charge in [-0.2, -0.15) is 0 Å². The third-order valence-electron chi connectivity index (χ3n) is 7.24. The molecule has 2 aromatic heterocycles. The Bertz CT molecular complexity index is 1750. The number of carbonyl (C=O) groups is 3. The summed E-state index contributed by atoms with van der Waals surface area (Å²) in [6.07, 6.45) is 4.70. The van der Waals surface area contributed by atoms with Crippen LogP contribution in [-0.4, -0.2) is 56.9 Å². The molecule has 15 heteroatoms. The smallest absolute Gasteiger partial charge is 0.341 e. The molecule has 0 spiro atoms. The van der Waals surface area contributed by atoms with Crippen molar-refractivity contribution in [2.75, 3.05) is 24.8 Å². The number of benzene rings is 2. The zero-order valence-corrected chi connectivity index (χ0v) is 26.9. The second kappa shape index (κ2) is 15.0. The predicted octanol–water partition coefficient (Wildman–Crippen LogP) is 5.35. The third-order valence-corrected chi connectivity index (χ3v) is 9.38. The summed E-state index contributed by atoms with van der Waals surface area (Å²) in [6.45, 7) is 1.96. The average molecular weight is 665 g/mol. The lowest BCUT2D eigenvalue weighted by molar-refractivity contribution is -0.384. The van der Waals surface area contributed by atoms with Crippen molar-refractivity contribution in [1.29, 1.82) is 0 Å². The maximum absolute atomic E-state index is 13.2. The van der Waals surface area contributed by atoms with Gasteiger partial charge in [-0.05, 0) is 68.5 Å². The van der Waals surface area contributed by atoms with Crippen LogP contribution < -0.4 is 15.4 Å². The van der Waals surface area contributed by atoms with Gasteiger partial charge < -0.3 is 20.1 Å². The van der Waals surface area contributed by atoms with Gasteiger partial charge in [0.25, 0.3) is 11.6 Å². The van der Waals surface area contributed by atoms with E-state index in [0.29, 0.717) is 38.5 Å². The van der Waals surface area contributed by atoms with Crippen LogP contribution in [0.1, 0.15) is 63.2 Å². The molecule has 0 saturated heterocycles. The molecule has 2 heterocycles. The first kappa shape index (κ1) is 32.6. The zero-order valence-electron chi connectivity index (χ0n) is 25.2. The summed E-state index contributed by atoms with van der Waals surface area (Å²) >= 11 is 2.52. The fraction of sp³-hybridized carbons (Fsp3) is 0.323. The number of hydrogen-bond donors (Lipinski definition) is 2. The maximum Gasteiger partial charge on any atom is 0.341 e. The minimum atomic E-state index is -0.500. The van der Waals surface area contributed by atoms with Crippen LogP contribution in [0.15, 0.2) is 53.7 Å². The van der Waals surface area contributed by atoms with E-state index >= 15 is 0 Å². The Morgan fingerprint density at radius 3 is 2.61 bits per heavy atom. The highest BCUT2D eigenvalue weighted by molar-refractivity contribution is 7.99. The molecular formula is C31H32N6O7S2. The number of ether oxygens (including phenoxy) is 2. The van der Waals surface area contributed by atoms with Gasteiger partial charge in [-0.3, -0.25) is 24.3 Å². The minimum Gasteiger partial charge on any atom is -0.497 e. The monoisotopic (exact) mass is 664 g/mol. The molecule has 0 unspecified atom stereocenters. The topological polar surface area (TPSA) is 168 Å². The molecule has 1 aliphatic rings. The van der Waals surface area contributed by atoms with E-state index in [-0.39, 0.29) is 36.4 Å². The van der Waals surface area contributed by atoms with Gasteiger partial charge in [0.15, 0.2) is 11.0 Å². The molecule has 0 fully saturated rings. The molecule has 4 aromatic rings. The maximum atomic E-state index is 13.2. The molecule has 0 saturated carbocycles. The Balaban J connectivity index is 1.35. The van der Waals surface area contributed by atoms with E-state index in [9.17, 15) is 24.5 Å². The number of thiophene rings is 1. The van der Waals surface area contributed by atoms with E-state index < -0.39 is 10.9 Å². The molecule has 46 heavy (non-hydrogen) atoms. The van der Waals surface area contributed by atoms with Crippen LogP contribution in [0.5, 0.6) is 5.75 Å². The highest BCUT2D eigenvalue weighted by atomic mass is 32.2. The molecule has 0 bridgehead atoms. The highest BCUT2D eigenvalue weighted by Gasteiger charge is 2.27. The summed E-state index contributed by atoms with van der Waals surface area (Å²) in [4.78, 5) is 50.8. The van der Waals surface area contributed by atoms with E-state index in [2.05, 4.69) is 20.8 Å². The molecule has 0 atom stereocenters. The number of amides is 2. The first-order valence-corrected chi connectivity index (χ1v) is 16.4. The number of anilines is 1. The van der Waals surface area contributed by atoms with Crippen LogP contribution in [0.4, 0.5) is 10.7 Å². The standard InChI is InChI=1S/C31H32N6O7S2/c1-3-44-30(40)27-23-10-5-4-6-11-24(23)46-29(27)33-26(38)18-45-31-35-34-25(36(31)20-12-14-21(15-13-20)37(41)42)17-32-28(39)19-8-7-9-22(16-19)43-2/h7-9,12-16H,3-6,10-11,17-18H2,1-2H3,(H,32,39)(H,33,38). The molecule has 0 aliphatic heterocycles. The van der Waals surface area contributed by atoms with Crippen molar-refractivity contribution in [2.24, 2.45) is 0 Å². The van der Waals surface area contributed by atoms with Crippen molar-refractivity contribution in [2.45, 2.75) is 50.7 Å². The number of carbonyl (C=O) groups excluding carboxylic acids is 3. The molecule has 2 aromatic carbocycles. The molecule has 0 radical (unpaired) electrons. The van der Waals surface area contributed by atoms with Gasteiger partial charge in [-0.1, -0.05) is 24.2 Å². The van der Waals surface area contributed by atoms with Crippen molar-refractivity contribution in [3.05, 3.63) is 86.0 Å². The SMILES string of the molecule is CCOC(=O)c1c(NC(=O)CSc2nnc(CNC(=O)c3cccc(OC)c3)n2-c2ccc([N+](=O)[O-])cc2)sc2c1CCCCC2. The molecule has 13 nitrogen and oxygen atoms in total. The second-order valence-corrected chi connectivity index (χ2v) is 12.3. The summed E-state index contributed by atoms with van der Waals surface area (Å²) in [5.74, 6) is -0.337. The Morgan fingerprint density at radius 1 is 1.09 bits per heavy atom. The number of nitrogens with zero attached hydrogens (tertiary/aromatic N) is 4. The van der Waals surface area contributed by atoms with Crippen LogP contribution in [0, 0.1) is 10.1 Å². The fourth-order valence-electron chi connectivity index (χ4n) is 5.06. The number of methoxy groups -OCH3 is 1. The predicted molar refractivity (Wildman–Crippen MR) is 173 cm³/mol. The van der Waals surface area contributed by atoms with Crippen LogP contribution in [0.3, 0.4) is 0 Å². The number of esters is 1. The Morgan fingerprint density at radius 2 is 1.87 bits per heavy atom. The highest BCUT2D eigenvalue weighted by Crippen LogP contribution is 2.38. The quantitative estimate of drug-likeness (QED) is 0.0662. The van der Waals surface area contributed by atoms with Gasteiger partial charge in [-0.25, -0.2) is 4.79 Å². The number of aromatic nitrogens is 3. The van der Waals surface area contributed by atoms with Crippen molar-refractivity contribution < 1.29 is 28.8 Å².